The molecule has 2 N–H and O–H groups in total. The average Bonchev–Trinajstić information content (AvgIpc) is 2.95. The summed E-state index contributed by atoms with van der Waals surface area (Å²) in [5, 5.41) is 11.8. The molecular weight excluding hydrogens is 337 g/mol. The Morgan fingerprint density at radius 3 is 2.75 bits per heavy atom. The SMILES string of the molecule is COc1ncc(C(=O)Nc2nc3ccc(C(=O)O)cc3s2)cc1F. The molecule has 0 fully saturated rings. The van der Waals surface area contributed by atoms with Crippen LogP contribution in [0.5, 0.6) is 5.88 Å². The van der Waals surface area contributed by atoms with Gasteiger partial charge in [-0.3, -0.25) is 10.1 Å². The van der Waals surface area contributed by atoms with Crippen LogP contribution >= 0.6 is 11.3 Å². The van der Waals surface area contributed by atoms with Gasteiger partial charge in [-0.25, -0.2) is 19.2 Å². The van der Waals surface area contributed by atoms with Gasteiger partial charge < -0.3 is 9.84 Å². The molecule has 3 aromatic rings. The molecule has 0 unspecified atom stereocenters. The Morgan fingerprint density at radius 2 is 2.08 bits per heavy atom. The third-order valence-corrected chi connectivity index (χ3v) is 4.05. The van der Waals surface area contributed by atoms with E-state index >= 15 is 0 Å². The summed E-state index contributed by atoms with van der Waals surface area (Å²) in [6.45, 7) is 0. The number of thiazole rings is 1. The minimum atomic E-state index is -1.05. The number of carbonyl (C=O) groups is 2. The first kappa shape index (κ1) is 15.8. The van der Waals surface area contributed by atoms with E-state index in [1.54, 1.807) is 6.07 Å². The lowest BCUT2D eigenvalue weighted by molar-refractivity contribution is 0.0697. The fraction of sp³-hybridized carbons (Fsp3) is 0.0667. The second-order valence-electron chi connectivity index (χ2n) is 4.68. The second kappa shape index (κ2) is 6.20. The molecule has 0 bridgehead atoms. The van der Waals surface area contributed by atoms with Crippen LogP contribution in [0.4, 0.5) is 9.52 Å². The standard InChI is InChI=1S/C15H10FN3O4S/c1-23-13-9(16)4-8(6-17-13)12(20)19-15-18-10-3-2-7(14(21)22)5-11(10)24-15/h2-6H,1H3,(H,21,22)(H,18,19,20). The molecule has 0 aliphatic rings. The zero-order valence-electron chi connectivity index (χ0n) is 12.2. The monoisotopic (exact) mass is 347 g/mol. The van der Waals surface area contributed by atoms with E-state index in [1.165, 1.54) is 25.4 Å². The van der Waals surface area contributed by atoms with Crippen molar-refractivity contribution in [3.63, 3.8) is 0 Å². The van der Waals surface area contributed by atoms with Crippen molar-refractivity contribution in [2.45, 2.75) is 0 Å². The van der Waals surface area contributed by atoms with Gasteiger partial charge in [0.15, 0.2) is 10.9 Å². The lowest BCUT2D eigenvalue weighted by Gasteiger charge is -2.03. The van der Waals surface area contributed by atoms with Gasteiger partial charge in [0.25, 0.3) is 5.91 Å². The Balaban J connectivity index is 1.85. The number of aromatic carboxylic acids is 1. The number of hydrogen-bond acceptors (Lipinski definition) is 6. The van der Waals surface area contributed by atoms with Crippen LogP contribution in [-0.4, -0.2) is 34.1 Å². The molecule has 3 rings (SSSR count). The minimum absolute atomic E-state index is 0.0128. The van der Waals surface area contributed by atoms with E-state index < -0.39 is 17.7 Å². The maximum Gasteiger partial charge on any atom is 0.335 e. The number of ether oxygens (including phenoxy) is 1. The Labute approximate surface area is 138 Å². The first-order valence-electron chi connectivity index (χ1n) is 6.62. The Kier molecular flexibility index (Phi) is 4.09. The number of anilines is 1. The van der Waals surface area contributed by atoms with Crippen molar-refractivity contribution >= 4 is 38.6 Å². The number of halogens is 1. The topological polar surface area (TPSA) is 101 Å². The number of nitrogens with one attached hydrogen (secondary N) is 1. The highest BCUT2D eigenvalue weighted by Crippen LogP contribution is 2.27. The normalized spacial score (nSPS) is 10.6. The van der Waals surface area contributed by atoms with Crippen LogP contribution in [-0.2, 0) is 0 Å². The van der Waals surface area contributed by atoms with Gasteiger partial charge in [0, 0.05) is 6.20 Å². The molecule has 0 radical (unpaired) electrons. The summed E-state index contributed by atoms with van der Waals surface area (Å²) in [4.78, 5) is 31.0. The first-order valence-corrected chi connectivity index (χ1v) is 7.44. The first-order chi connectivity index (χ1) is 11.5. The van der Waals surface area contributed by atoms with Crippen LogP contribution in [0.15, 0.2) is 30.5 Å². The quantitative estimate of drug-likeness (QED) is 0.752. The van der Waals surface area contributed by atoms with E-state index in [0.29, 0.717) is 10.2 Å². The van der Waals surface area contributed by atoms with Crippen molar-refractivity contribution in [1.82, 2.24) is 9.97 Å². The molecule has 0 aliphatic carbocycles. The maximum atomic E-state index is 13.6. The van der Waals surface area contributed by atoms with Gasteiger partial charge in [0.2, 0.25) is 5.88 Å². The molecule has 1 amide bonds. The van der Waals surface area contributed by atoms with Gasteiger partial charge in [-0.15, -0.1) is 0 Å². The van der Waals surface area contributed by atoms with Gasteiger partial charge in [0.1, 0.15) is 0 Å². The van der Waals surface area contributed by atoms with Crippen molar-refractivity contribution in [3.05, 3.63) is 47.4 Å². The maximum absolute atomic E-state index is 13.6. The predicted molar refractivity (Wildman–Crippen MR) is 85.3 cm³/mol. The molecule has 0 aliphatic heterocycles. The molecule has 1 aromatic carbocycles. The molecule has 24 heavy (non-hydrogen) atoms. The number of carboxylic acid groups (broad SMARTS) is 1. The summed E-state index contributed by atoms with van der Waals surface area (Å²) in [6, 6.07) is 5.47. The third-order valence-electron chi connectivity index (χ3n) is 3.12. The number of benzene rings is 1. The predicted octanol–water partition coefficient (Wildman–Crippen LogP) is 2.79. The highest BCUT2D eigenvalue weighted by Gasteiger charge is 2.14. The number of pyridine rings is 1. The minimum Gasteiger partial charge on any atom is -0.479 e. The Bertz CT molecular complexity index is 957. The van der Waals surface area contributed by atoms with Crippen molar-refractivity contribution in [1.29, 1.82) is 0 Å². The van der Waals surface area contributed by atoms with Crippen LogP contribution in [0.3, 0.4) is 0 Å². The van der Waals surface area contributed by atoms with Gasteiger partial charge in [-0.05, 0) is 24.3 Å². The fourth-order valence-corrected chi connectivity index (χ4v) is 2.88. The van der Waals surface area contributed by atoms with Crippen molar-refractivity contribution in [2.24, 2.45) is 0 Å². The molecule has 0 saturated heterocycles. The molecule has 7 nitrogen and oxygen atoms in total. The summed E-state index contributed by atoms with van der Waals surface area (Å²) in [7, 11) is 1.28. The number of fused-ring (bicyclic) bond motifs is 1. The summed E-state index contributed by atoms with van der Waals surface area (Å²) in [5.41, 5.74) is 0.698. The highest BCUT2D eigenvalue weighted by molar-refractivity contribution is 7.22. The number of carbonyl (C=O) groups excluding carboxylic acids is 1. The summed E-state index contributed by atoms with van der Waals surface area (Å²) in [6.07, 6.45) is 1.19. The molecule has 0 spiro atoms. The summed E-state index contributed by atoms with van der Waals surface area (Å²) >= 11 is 1.12. The number of amides is 1. The fourth-order valence-electron chi connectivity index (χ4n) is 1.98. The average molecular weight is 347 g/mol. The molecule has 2 aromatic heterocycles. The van der Waals surface area contributed by atoms with Gasteiger partial charge in [0.05, 0.1) is 28.5 Å². The van der Waals surface area contributed by atoms with Crippen molar-refractivity contribution in [3.8, 4) is 5.88 Å². The van der Waals surface area contributed by atoms with Crippen LogP contribution in [0.1, 0.15) is 20.7 Å². The number of hydrogen-bond donors (Lipinski definition) is 2. The zero-order chi connectivity index (χ0) is 17.3. The van der Waals surface area contributed by atoms with Gasteiger partial charge in [-0.1, -0.05) is 11.3 Å². The van der Waals surface area contributed by atoms with E-state index in [1.807, 2.05) is 0 Å². The van der Waals surface area contributed by atoms with E-state index in [-0.39, 0.29) is 22.1 Å². The van der Waals surface area contributed by atoms with Crippen LogP contribution in [0.2, 0.25) is 0 Å². The second-order valence-corrected chi connectivity index (χ2v) is 5.71. The van der Waals surface area contributed by atoms with Gasteiger partial charge in [-0.2, -0.15) is 0 Å². The molecule has 2 heterocycles. The van der Waals surface area contributed by atoms with Crippen LogP contribution in [0, 0.1) is 5.82 Å². The molecule has 0 saturated carbocycles. The van der Waals surface area contributed by atoms with E-state index in [9.17, 15) is 14.0 Å². The number of rotatable bonds is 4. The van der Waals surface area contributed by atoms with Crippen LogP contribution < -0.4 is 10.1 Å². The molecule has 0 atom stereocenters. The third kappa shape index (κ3) is 3.01. The smallest absolute Gasteiger partial charge is 0.335 e. The largest absolute Gasteiger partial charge is 0.479 e. The summed E-state index contributed by atoms with van der Waals surface area (Å²) in [5.74, 6) is -2.58. The molecular formula is C15H10FN3O4S. The highest BCUT2D eigenvalue weighted by atomic mass is 32.1. The number of aromatic nitrogens is 2. The zero-order valence-corrected chi connectivity index (χ0v) is 13.1. The van der Waals surface area contributed by atoms with E-state index in [4.69, 9.17) is 9.84 Å². The summed E-state index contributed by atoms with van der Waals surface area (Å²) < 4.78 is 18.9. The lowest BCUT2D eigenvalue weighted by atomic mass is 10.2. The van der Waals surface area contributed by atoms with Crippen LogP contribution in [0.25, 0.3) is 10.2 Å². The Hall–Kier alpha value is -3.07. The molecule has 122 valence electrons. The van der Waals surface area contributed by atoms with Crippen molar-refractivity contribution < 1.29 is 23.8 Å². The van der Waals surface area contributed by atoms with E-state index in [2.05, 4.69) is 15.3 Å². The van der Waals surface area contributed by atoms with Gasteiger partial charge >= 0.3 is 5.97 Å². The number of nitrogens with zero attached hydrogens (tertiary/aromatic N) is 2. The lowest BCUT2D eigenvalue weighted by Crippen LogP contribution is -2.12. The van der Waals surface area contributed by atoms with E-state index in [0.717, 1.165) is 17.4 Å². The molecule has 9 heteroatoms. The Morgan fingerprint density at radius 1 is 1.29 bits per heavy atom. The number of methoxy groups -OCH3 is 1. The number of carboxylic acids is 1. The van der Waals surface area contributed by atoms with Crippen molar-refractivity contribution in [2.75, 3.05) is 12.4 Å².